The first kappa shape index (κ1) is 21.8. The highest BCUT2D eigenvalue weighted by Gasteiger charge is 2.18. The molecule has 1 fully saturated rings. The van der Waals surface area contributed by atoms with Crippen LogP contribution in [-0.2, 0) is 22.4 Å². The van der Waals surface area contributed by atoms with Gasteiger partial charge in [0.2, 0.25) is 5.91 Å². The van der Waals surface area contributed by atoms with Crippen molar-refractivity contribution in [3.05, 3.63) is 74.7 Å². The third kappa shape index (κ3) is 6.29. The maximum absolute atomic E-state index is 12.6. The van der Waals surface area contributed by atoms with E-state index < -0.39 is 0 Å². The molecule has 2 heterocycles. The van der Waals surface area contributed by atoms with Gasteiger partial charge in [-0.2, -0.15) is 0 Å². The van der Waals surface area contributed by atoms with Crippen molar-refractivity contribution in [3.63, 3.8) is 0 Å². The molecule has 4 rings (SSSR count). The van der Waals surface area contributed by atoms with Crippen molar-refractivity contribution in [2.75, 3.05) is 18.5 Å². The fourth-order valence-corrected chi connectivity index (χ4v) is 4.54. The Kier molecular flexibility index (Phi) is 7.22. The Morgan fingerprint density at radius 3 is 3.03 bits per heavy atom. The molecule has 1 amide bonds. The molecule has 3 aromatic rings. The molecule has 1 aliphatic heterocycles. The second-order valence-electron chi connectivity index (χ2n) is 7.71. The van der Waals surface area contributed by atoms with Gasteiger partial charge in [-0.3, -0.25) is 4.79 Å². The second kappa shape index (κ2) is 10.3. The van der Waals surface area contributed by atoms with Gasteiger partial charge in [-0.25, -0.2) is 4.98 Å². The van der Waals surface area contributed by atoms with Gasteiger partial charge in [0.05, 0.1) is 28.9 Å². The van der Waals surface area contributed by atoms with E-state index in [-0.39, 0.29) is 18.4 Å². The number of halogens is 1. The largest absolute Gasteiger partial charge is 0.489 e. The molecule has 2 aromatic carbocycles. The van der Waals surface area contributed by atoms with Gasteiger partial charge in [-0.05, 0) is 55.2 Å². The number of nitrogens with zero attached hydrogens (tertiary/aromatic N) is 1. The van der Waals surface area contributed by atoms with E-state index in [0.717, 1.165) is 41.3 Å². The molecule has 0 radical (unpaired) electrons. The van der Waals surface area contributed by atoms with Crippen molar-refractivity contribution >= 4 is 34.5 Å². The molecule has 1 saturated heterocycles. The van der Waals surface area contributed by atoms with Gasteiger partial charge in [-0.1, -0.05) is 29.8 Å². The lowest BCUT2D eigenvalue weighted by atomic mass is 10.2. The lowest BCUT2D eigenvalue weighted by Gasteiger charge is -2.16. The molecule has 1 aromatic heterocycles. The van der Waals surface area contributed by atoms with Crippen LogP contribution in [0.3, 0.4) is 0 Å². The van der Waals surface area contributed by atoms with Crippen LogP contribution in [0.25, 0.3) is 0 Å². The minimum Gasteiger partial charge on any atom is -0.489 e. The number of rotatable bonds is 8. The first-order valence-corrected chi connectivity index (χ1v) is 11.6. The SMILES string of the molecule is Cc1ccc(NC(=O)Cc2csc(Cc3cccc(Cl)c3)n2)c(OCC2CCCO2)c1. The highest BCUT2D eigenvalue weighted by molar-refractivity contribution is 7.09. The van der Waals surface area contributed by atoms with Crippen LogP contribution in [0.4, 0.5) is 5.69 Å². The predicted molar refractivity (Wildman–Crippen MR) is 124 cm³/mol. The number of nitrogens with one attached hydrogen (secondary N) is 1. The number of aryl methyl sites for hydroxylation is 1. The van der Waals surface area contributed by atoms with Crippen LogP contribution in [0.1, 0.15) is 34.7 Å². The highest BCUT2D eigenvalue weighted by Crippen LogP contribution is 2.27. The molecular weight excluding hydrogens is 432 g/mol. The van der Waals surface area contributed by atoms with Crippen molar-refractivity contribution < 1.29 is 14.3 Å². The summed E-state index contributed by atoms with van der Waals surface area (Å²) in [5, 5.41) is 6.58. The summed E-state index contributed by atoms with van der Waals surface area (Å²) in [6.45, 7) is 3.28. The van der Waals surface area contributed by atoms with Crippen LogP contribution in [0, 0.1) is 6.92 Å². The molecule has 0 aliphatic carbocycles. The van der Waals surface area contributed by atoms with Crippen molar-refractivity contribution in [1.82, 2.24) is 4.98 Å². The standard InChI is InChI=1S/C24H25ClN2O3S/c1-16-7-8-21(22(10-16)30-14-20-6-3-9-29-20)27-23(28)13-19-15-31-24(26-19)12-17-4-2-5-18(25)11-17/h2,4-5,7-8,10-11,15,20H,3,6,9,12-14H2,1H3,(H,27,28). The van der Waals surface area contributed by atoms with Crippen LogP contribution >= 0.6 is 22.9 Å². The summed E-state index contributed by atoms with van der Waals surface area (Å²) >= 11 is 7.61. The molecule has 1 unspecified atom stereocenters. The number of carbonyl (C=O) groups is 1. The second-order valence-corrected chi connectivity index (χ2v) is 9.09. The van der Waals surface area contributed by atoms with Crippen molar-refractivity contribution in [3.8, 4) is 5.75 Å². The number of hydrogen-bond donors (Lipinski definition) is 1. The van der Waals surface area contributed by atoms with Crippen LogP contribution in [0.2, 0.25) is 5.02 Å². The Hall–Kier alpha value is -2.41. The molecule has 162 valence electrons. The van der Waals surface area contributed by atoms with E-state index in [1.165, 1.54) is 0 Å². The number of amides is 1. The smallest absolute Gasteiger partial charge is 0.230 e. The minimum atomic E-state index is -0.120. The van der Waals surface area contributed by atoms with Gasteiger partial charge in [0, 0.05) is 23.4 Å². The summed E-state index contributed by atoms with van der Waals surface area (Å²) in [5.41, 5.74) is 3.60. The topological polar surface area (TPSA) is 60.5 Å². The molecule has 1 N–H and O–H groups in total. The molecule has 31 heavy (non-hydrogen) atoms. The first-order valence-electron chi connectivity index (χ1n) is 10.4. The van der Waals surface area contributed by atoms with Crippen LogP contribution < -0.4 is 10.1 Å². The third-order valence-corrected chi connectivity index (χ3v) is 6.18. The van der Waals surface area contributed by atoms with E-state index in [9.17, 15) is 4.79 Å². The average molecular weight is 457 g/mol. The third-order valence-electron chi connectivity index (χ3n) is 5.05. The molecule has 0 saturated carbocycles. The summed E-state index contributed by atoms with van der Waals surface area (Å²) in [6, 6.07) is 13.5. The van der Waals surface area contributed by atoms with E-state index >= 15 is 0 Å². The number of carbonyl (C=O) groups excluding carboxylic acids is 1. The number of thiazole rings is 1. The Morgan fingerprint density at radius 1 is 1.32 bits per heavy atom. The zero-order chi connectivity index (χ0) is 21.6. The van der Waals surface area contributed by atoms with Gasteiger partial charge in [0.25, 0.3) is 0 Å². The number of aromatic nitrogens is 1. The fraction of sp³-hybridized carbons (Fsp3) is 0.333. The highest BCUT2D eigenvalue weighted by atomic mass is 35.5. The summed E-state index contributed by atoms with van der Waals surface area (Å²) in [7, 11) is 0. The molecule has 5 nitrogen and oxygen atoms in total. The summed E-state index contributed by atoms with van der Waals surface area (Å²) in [6.07, 6.45) is 3.11. The zero-order valence-electron chi connectivity index (χ0n) is 17.4. The number of benzene rings is 2. The van der Waals surface area contributed by atoms with Crippen LogP contribution in [-0.4, -0.2) is 30.2 Å². The quantitative estimate of drug-likeness (QED) is 0.490. The van der Waals surface area contributed by atoms with Gasteiger partial charge in [0.1, 0.15) is 12.4 Å². The zero-order valence-corrected chi connectivity index (χ0v) is 19.0. The van der Waals surface area contributed by atoms with E-state index in [1.54, 1.807) is 11.3 Å². The number of hydrogen-bond acceptors (Lipinski definition) is 5. The summed E-state index contributed by atoms with van der Waals surface area (Å²) < 4.78 is 11.6. The maximum Gasteiger partial charge on any atom is 0.230 e. The summed E-state index contributed by atoms with van der Waals surface area (Å²) in [5.74, 6) is 0.550. The molecule has 1 atom stereocenters. The molecule has 7 heteroatoms. The van der Waals surface area contributed by atoms with Crippen molar-refractivity contribution in [1.29, 1.82) is 0 Å². The van der Waals surface area contributed by atoms with Crippen molar-refractivity contribution in [2.24, 2.45) is 0 Å². The number of anilines is 1. The molecule has 0 bridgehead atoms. The monoisotopic (exact) mass is 456 g/mol. The Labute approximate surface area is 191 Å². The van der Waals surface area contributed by atoms with Crippen LogP contribution in [0.15, 0.2) is 47.8 Å². The summed E-state index contributed by atoms with van der Waals surface area (Å²) in [4.78, 5) is 17.3. The molecule has 0 spiro atoms. The molecular formula is C24H25ClN2O3S. The van der Waals surface area contributed by atoms with E-state index in [0.29, 0.717) is 29.5 Å². The Balaban J connectivity index is 1.36. The molecule has 1 aliphatic rings. The first-order chi connectivity index (χ1) is 15.0. The van der Waals surface area contributed by atoms with Gasteiger partial charge in [0.15, 0.2) is 0 Å². The van der Waals surface area contributed by atoms with E-state index in [4.69, 9.17) is 21.1 Å². The lowest BCUT2D eigenvalue weighted by Crippen LogP contribution is -2.19. The predicted octanol–water partition coefficient (Wildman–Crippen LogP) is 5.43. The number of ether oxygens (including phenoxy) is 2. The van der Waals surface area contributed by atoms with Crippen LogP contribution in [0.5, 0.6) is 5.75 Å². The minimum absolute atomic E-state index is 0.120. The van der Waals surface area contributed by atoms with E-state index in [2.05, 4.69) is 10.3 Å². The Bertz CT molecular complexity index is 1050. The maximum atomic E-state index is 12.6. The Morgan fingerprint density at radius 2 is 2.23 bits per heavy atom. The van der Waals surface area contributed by atoms with Gasteiger partial charge >= 0.3 is 0 Å². The van der Waals surface area contributed by atoms with Crippen molar-refractivity contribution in [2.45, 2.75) is 38.7 Å². The fourth-order valence-electron chi connectivity index (χ4n) is 3.50. The lowest BCUT2D eigenvalue weighted by molar-refractivity contribution is -0.115. The average Bonchev–Trinajstić information content (AvgIpc) is 3.40. The van der Waals surface area contributed by atoms with Gasteiger partial charge < -0.3 is 14.8 Å². The van der Waals surface area contributed by atoms with Gasteiger partial charge in [-0.15, -0.1) is 11.3 Å². The normalized spacial score (nSPS) is 15.7. The van der Waals surface area contributed by atoms with E-state index in [1.807, 2.05) is 54.8 Å².